The predicted octanol–water partition coefficient (Wildman–Crippen LogP) is 4.77. The maximum absolute atomic E-state index is 2.43. The number of rotatable bonds is 5. The van der Waals surface area contributed by atoms with Gasteiger partial charge in [0.2, 0.25) is 0 Å². The Morgan fingerprint density at radius 3 is 1.87 bits per heavy atom. The molecular weight excluding hydrogens is 392 g/mol. The Morgan fingerprint density at radius 1 is 0.652 bits per heavy atom. The molecule has 0 amide bonds. The molecule has 0 aromatic heterocycles. The van der Waals surface area contributed by atoms with Crippen molar-refractivity contribution >= 4 is 36.2 Å². The van der Waals surface area contributed by atoms with Crippen molar-refractivity contribution in [1.29, 1.82) is 0 Å². The summed E-state index contributed by atoms with van der Waals surface area (Å²) in [5.41, 5.74) is 3.82. The van der Waals surface area contributed by atoms with E-state index in [1.54, 1.807) is 0 Å². The number of hydrogen-bond acceptors (Lipinski definition) is 0. The van der Waals surface area contributed by atoms with E-state index in [0.717, 1.165) is 0 Å². The van der Waals surface area contributed by atoms with Crippen LogP contribution in [0.15, 0.2) is 101 Å². The maximum atomic E-state index is 2.43. The summed E-state index contributed by atoms with van der Waals surface area (Å²) < 4.78 is 3.88. The van der Waals surface area contributed by atoms with Crippen LogP contribution in [0.25, 0.3) is 11.6 Å². The Labute approximate surface area is 148 Å². The second kappa shape index (κ2) is 8.53. The van der Waals surface area contributed by atoms with Gasteiger partial charge in [0.25, 0.3) is 0 Å². The summed E-state index contributed by atoms with van der Waals surface area (Å²) in [6.45, 7) is 0. The van der Waals surface area contributed by atoms with E-state index >= 15 is 0 Å². The molecule has 0 N–H and O–H groups in total. The van der Waals surface area contributed by atoms with Gasteiger partial charge in [-0.15, -0.1) is 0 Å². The Balaban J connectivity index is 1.86. The standard InChI is InChI=1S/C22H18Te/c1-4-10-19(11-5-1)16-17-21(20-12-6-2-7-13-20)18-23-22-14-8-3-9-15-22/h1-18H/b17-16+,21-18-. The van der Waals surface area contributed by atoms with Gasteiger partial charge >= 0.3 is 149 Å². The van der Waals surface area contributed by atoms with Crippen molar-refractivity contribution in [3.05, 3.63) is 112 Å². The first-order chi connectivity index (χ1) is 11.4. The molecule has 0 heterocycles. The van der Waals surface area contributed by atoms with Crippen molar-refractivity contribution in [1.82, 2.24) is 0 Å². The molecule has 3 aromatic rings. The molecule has 0 fully saturated rings. The molecule has 0 aliphatic rings. The molecule has 3 rings (SSSR count). The summed E-state index contributed by atoms with van der Waals surface area (Å²) >= 11 is -0.330. The van der Waals surface area contributed by atoms with Crippen LogP contribution in [0.2, 0.25) is 0 Å². The molecule has 3 aromatic carbocycles. The quantitative estimate of drug-likeness (QED) is 0.420. The summed E-state index contributed by atoms with van der Waals surface area (Å²) in [4.78, 5) is 0. The first-order valence-corrected chi connectivity index (χ1v) is 10.1. The third kappa shape index (κ3) is 4.96. The van der Waals surface area contributed by atoms with E-state index < -0.39 is 0 Å². The predicted molar refractivity (Wildman–Crippen MR) is 102 cm³/mol. The third-order valence-electron chi connectivity index (χ3n) is 3.43. The SMILES string of the molecule is C(/[Te]c1ccccc1)=C(\C=C\c1ccccc1)c1ccccc1. The van der Waals surface area contributed by atoms with Crippen LogP contribution in [0.4, 0.5) is 0 Å². The van der Waals surface area contributed by atoms with Gasteiger partial charge in [-0.1, -0.05) is 0 Å². The first-order valence-electron chi connectivity index (χ1n) is 7.62. The van der Waals surface area contributed by atoms with Gasteiger partial charge in [-0.3, -0.25) is 0 Å². The molecule has 1 heteroatoms. The van der Waals surface area contributed by atoms with E-state index in [1.165, 1.54) is 20.3 Å². The van der Waals surface area contributed by atoms with Gasteiger partial charge in [0.05, 0.1) is 0 Å². The van der Waals surface area contributed by atoms with Gasteiger partial charge < -0.3 is 0 Å². The number of hydrogen-bond donors (Lipinski definition) is 0. The second-order valence-corrected chi connectivity index (χ2v) is 7.81. The van der Waals surface area contributed by atoms with Crippen LogP contribution in [0.1, 0.15) is 11.1 Å². The summed E-state index contributed by atoms with van der Waals surface area (Å²) in [5, 5.41) is 0. The fourth-order valence-corrected chi connectivity index (χ4v) is 4.48. The van der Waals surface area contributed by atoms with E-state index in [9.17, 15) is 0 Å². The Hall–Kier alpha value is -2.07. The molecule has 0 bridgehead atoms. The van der Waals surface area contributed by atoms with Gasteiger partial charge in [0.15, 0.2) is 0 Å². The van der Waals surface area contributed by atoms with E-state index in [-0.39, 0.29) is 20.9 Å². The molecule has 23 heavy (non-hydrogen) atoms. The molecule has 0 radical (unpaired) electrons. The van der Waals surface area contributed by atoms with Crippen LogP contribution in [0.5, 0.6) is 0 Å². The van der Waals surface area contributed by atoms with Crippen molar-refractivity contribution < 1.29 is 0 Å². The summed E-state index contributed by atoms with van der Waals surface area (Å²) in [6.07, 6.45) is 4.43. The van der Waals surface area contributed by atoms with Gasteiger partial charge in [-0.2, -0.15) is 0 Å². The Bertz CT molecular complexity index is 772. The van der Waals surface area contributed by atoms with Crippen molar-refractivity contribution in [3.63, 3.8) is 0 Å². The van der Waals surface area contributed by atoms with Gasteiger partial charge in [-0.05, 0) is 0 Å². The summed E-state index contributed by atoms with van der Waals surface area (Å²) in [6, 6.07) is 31.9. The fourth-order valence-electron chi connectivity index (χ4n) is 2.21. The summed E-state index contributed by atoms with van der Waals surface area (Å²) in [7, 11) is 0. The van der Waals surface area contributed by atoms with Crippen molar-refractivity contribution in [2.24, 2.45) is 0 Å². The third-order valence-corrected chi connectivity index (χ3v) is 6.04. The minimum absolute atomic E-state index is 0.330. The van der Waals surface area contributed by atoms with Gasteiger partial charge in [0, 0.05) is 0 Å². The van der Waals surface area contributed by atoms with Gasteiger partial charge in [-0.25, -0.2) is 0 Å². The average Bonchev–Trinajstić information content (AvgIpc) is 2.64. The van der Waals surface area contributed by atoms with Crippen molar-refractivity contribution in [2.45, 2.75) is 0 Å². The van der Waals surface area contributed by atoms with Crippen molar-refractivity contribution in [3.8, 4) is 0 Å². The molecule has 0 saturated heterocycles. The molecule has 112 valence electrons. The van der Waals surface area contributed by atoms with Crippen LogP contribution in [-0.2, 0) is 0 Å². The van der Waals surface area contributed by atoms with E-state index in [2.05, 4.69) is 101 Å². The van der Waals surface area contributed by atoms with Crippen LogP contribution in [0.3, 0.4) is 0 Å². The fraction of sp³-hybridized carbons (Fsp3) is 0. The molecular formula is C22H18Te. The van der Waals surface area contributed by atoms with Crippen LogP contribution >= 0.6 is 0 Å². The molecule has 0 aliphatic carbocycles. The van der Waals surface area contributed by atoms with Crippen molar-refractivity contribution in [2.75, 3.05) is 0 Å². The van der Waals surface area contributed by atoms with Crippen LogP contribution < -0.4 is 3.61 Å². The number of allylic oxidation sites excluding steroid dienone is 2. The molecule has 0 spiro atoms. The average molecular weight is 410 g/mol. The van der Waals surface area contributed by atoms with E-state index in [1.807, 2.05) is 6.07 Å². The zero-order valence-electron chi connectivity index (χ0n) is 12.8. The Kier molecular flexibility index (Phi) is 5.87. The molecule has 0 unspecified atom stereocenters. The topological polar surface area (TPSA) is 0 Å². The molecule has 0 atom stereocenters. The molecule has 0 aliphatic heterocycles. The zero-order valence-corrected chi connectivity index (χ0v) is 15.1. The normalized spacial score (nSPS) is 11.7. The summed E-state index contributed by atoms with van der Waals surface area (Å²) in [5.74, 6) is 0. The monoisotopic (exact) mass is 412 g/mol. The first kappa shape index (κ1) is 15.8. The minimum atomic E-state index is -0.330. The molecule has 0 saturated carbocycles. The zero-order chi connectivity index (χ0) is 15.7. The second-order valence-electron chi connectivity index (χ2n) is 5.11. The number of benzene rings is 3. The molecule has 0 nitrogen and oxygen atoms in total. The Morgan fingerprint density at radius 2 is 1.22 bits per heavy atom. The van der Waals surface area contributed by atoms with E-state index in [4.69, 9.17) is 0 Å². The van der Waals surface area contributed by atoms with E-state index in [0.29, 0.717) is 0 Å². The van der Waals surface area contributed by atoms with Gasteiger partial charge in [0.1, 0.15) is 0 Å². The van der Waals surface area contributed by atoms with Crippen LogP contribution in [0, 0.1) is 0 Å². The van der Waals surface area contributed by atoms with Crippen LogP contribution in [-0.4, -0.2) is 20.9 Å².